The van der Waals surface area contributed by atoms with Crippen LogP contribution in [0.2, 0.25) is 0 Å². The van der Waals surface area contributed by atoms with Crippen LogP contribution in [0.1, 0.15) is 25.1 Å². The molecule has 2 atom stereocenters. The maximum atomic E-state index is 5.89. The Morgan fingerprint density at radius 1 is 1.45 bits per heavy atom. The molecule has 22 heavy (non-hydrogen) atoms. The van der Waals surface area contributed by atoms with E-state index in [1.54, 1.807) is 11.3 Å². The fraction of sp³-hybridized carbons (Fsp3) is 0.688. The minimum Gasteiger partial charge on any atom is -0.373 e. The monoisotopic (exact) mass is 324 g/mol. The molecular formula is C16H28N4OS. The van der Waals surface area contributed by atoms with Gasteiger partial charge in [0.05, 0.1) is 12.2 Å². The number of guanidine groups is 1. The number of hydrogen-bond donors (Lipinski definition) is 2. The number of hydrogen-bond acceptors (Lipinski definition) is 4. The lowest BCUT2D eigenvalue weighted by Gasteiger charge is -2.35. The highest BCUT2D eigenvalue weighted by Gasteiger charge is 2.21. The Morgan fingerprint density at radius 3 is 2.91 bits per heavy atom. The molecule has 0 aliphatic carbocycles. The Morgan fingerprint density at radius 2 is 2.23 bits per heavy atom. The molecule has 1 aliphatic heterocycles. The van der Waals surface area contributed by atoms with E-state index in [0.717, 1.165) is 45.6 Å². The largest absolute Gasteiger partial charge is 0.373 e. The Bertz CT molecular complexity index is 439. The molecule has 0 saturated carbocycles. The zero-order valence-electron chi connectivity index (χ0n) is 13.6. The van der Waals surface area contributed by atoms with Crippen molar-refractivity contribution in [2.75, 3.05) is 32.7 Å². The van der Waals surface area contributed by atoms with Crippen LogP contribution in [0, 0.1) is 0 Å². The number of nitrogens with one attached hydrogen (secondary N) is 1. The number of nitrogens with zero attached hydrogens (tertiary/aromatic N) is 2. The van der Waals surface area contributed by atoms with Crippen molar-refractivity contribution in [3.05, 3.63) is 22.4 Å². The maximum absolute atomic E-state index is 5.89. The van der Waals surface area contributed by atoms with Crippen LogP contribution in [0.15, 0.2) is 22.5 Å². The van der Waals surface area contributed by atoms with Gasteiger partial charge in [-0.2, -0.15) is 0 Å². The first-order chi connectivity index (χ1) is 10.6. The maximum Gasteiger partial charge on any atom is 0.188 e. The van der Waals surface area contributed by atoms with Gasteiger partial charge in [0.25, 0.3) is 0 Å². The summed E-state index contributed by atoms with van der Waals surface area (Å²) in [6.45, 7) is 8.98. The van der Waals surface area contributed by atoms with Crippen molar-refractivity contribution in [3.63, 3.8) is 0 Å². The van der Waals surface area contributed by atoms with Crippen LogP contribution >= 0.6 is 11.3 Å². The van der Waals surface area contributed by atoms with Crippen LogP contribution in [0.25, 0.3) is 0 Å². The molecule has 0 amide bonds. The van der Waals surface area contributed by atoms with Crippen LogP contribution < -0.4 is 11.1 Å². The van der Waals surface area contributed by atoms with Gasteiger partial charge in [-0.3, -0.25) is 9.89 Å². The van der Waals surface area contributed by atoms with Gasteiger partial charge < -0.3 is 15.8 Å². The van der Waals surface area contributed by atoms with E-state index in [-0.39, 0.29) is 0 Å². The SMILES string of the molecule is CC1CN(CCCN=C(N)NCCc2cccs2)CC(C)O1. The summed E-state index contributed by atoms with van der Waals surface area (Å²) >= 11 is 1.78. The summed E-state index contributed by atoms with van der Waals surface area (Å²) in [5.74, 6) is 0.556. The van der Waals surface area contributed by atoms with Crippen LogP contribution in [-0.4, -0.2) is 55.8 Å². The molecule has 1 fully saturated rings. The van der Waals surface area contributed by atoms with Gasteiger partial charge in [0, 0.05) is 37.6 Å². The molecule has 1 aromatic rings. The molecule has 6 heteroatoms. The first-order valence-corrected chi connectivity index (χ1v) is 8.95. The summed E-state index contributed by atoms with van der Waals surface area (Å²) < 4.78 is 5.74. The normalized spacial score (nSPS) is 23.6. The van der Waals surface area contributed by atoms with Gasteiger partial charge in [-0.05, 0) is 38.1 Å². The standard InChI is InChI=1S/C16H28N4OS/c1-13-11-20(12-14(2)21-13)9-4-7-18-16(17)19-8-6-15-5-3-10-22-15/h3,5,10,13-14H,4,6-9,11-12H2,1-2H3,(H3,17,18,19). The van der Waals surface area contributed by atoms with E-state index in [2.05, 4.69) is 46.6 Å². The minimum absolute atomic E-state index is 0.330. The van der Waals surface area contributed by atoms with Crippen LogP contribution in [0.3, 0.4) is 0 Å². The summed E-state index contributed by atoms with van der Waals surface area (Å²) in [7, 11) is 0. The second kappa shape index (κ2) is 9.12. The predicted octanol–water partition coefficient (Wildman–Crippen LogP) is 1.69. The van der Waals surface area contributed by atoms with Crippen molar-refractivity contribution >= 4 is 17.3 Å². The van der Waals surface area contributed by atoms with E-state index in [1.165, 1.54) is 4.88 Å². The number of thiophene rings is 1. The molecule has 0 radical (unpaired) electrons. The quantitative estimate of drug-likeness (QED) is 0.455. The Hall–Kier alpha value is -1.11. The van der Waals surface area contributed by atoms with Crippen molar-refractivity contribution in [3.8, 4) is 0 Å². The Kier molecular flexibility index (Phi) is 7.15. The lowest BCUT2D eigenvalue weighted by atomic mass is 10.2. The lowest BCUT2D eigenvalue weighted by molar-refractivity contribution is -0.0679. The average Bonchev–Trinajstić information content (AvgIpc) is 2.96. The summed E-state index contributed by atoms with van der Waals surface area (Å²) in [5.41, 5.74) is 5.89. The molecular weight excluding hydrogens is 296 g/mol. The number of nitrogens with two attached hydrogens (primary N) is 1. The second-order valence-electron chi connectivity index (χ2n) is 5.89. The molecule has 0 aromatic carbocycles. The number of aliphatic imine (C=N–C) groups is 1. The summed E-state index contributed by atoms with van der Waals surface area (Å²) in [4.78, 5) is 8.22. The van der Waals surface area contributed by atoms with E-state index in [9.17, 15) is 0 Å². The molecule has 1 aromatic heterocycles. The molecule has 1 saturated heterocycles. The Labute approximate surface area is 137 Å². The van der Waals surface area contributed by atoms with Gasteiger partial charge in [-0.25, -0.2) is 0 Å². The van der Waals surface area contributed by atoms with Crippen molar-refractivity contribution in [2.24, 2.45) is 10.7 Å². The Balaban J connectivity index is 1.56. The lowest BCUT2D eigenvalue weighted by Crippen LogP contribution is -2.45. The average molecular weight is 324 g/mol. The summed E-state index contributed by atoms with van der Waals surface area (Å²) in [6.07, 6.45) is 2.69. The molecule has 124 valence electrons. The van der Waals surface area contributed by atoms with Crippen molar-refractivity contribution in [1.29, 1.82) is 0 Å². The van der Waals surface area contributed by atoms with Gasteiger partial charge >= 0.3 is 0 Å². The first kappa shape index (κ1) is 17.2. The van der Waals surface area contributed by atoms with Gasteiger partial charge in [0.1, 0.15) is 0 Å². The van der Waals surface area contributed by atoms with Crippen LogP contribution in [0.5, 0.6) is 0 Å². The predicted molar refractivity (Wildman–Crippen MR) is 93.6 cm³/mol. The van der Waals surface area contributed by atoms with Gasteiger partial charge in [-0.1, -0.05) is 6.07 Å². The third-order valence-corrected chi connectivity index (χ3v) is 4.60. The summed E-state index contributed by atoms with van der Waals surface area (Å²) in [5, 5.41) is 5.27. The van der Waals surface area contributed by atoms with E-state index in [0.29, 0.717) is 18.2 Å². The first-order valence-electron chi connectivity index (χ1n) is 8.07. The minimum atomic E-state index is 0.330. The molecule has 0 spiro atoms. The van der Waals surface area contributed by atoms with Crippen LogP contribution in [-0.2, 0) is 11.2 Å². The van der Waals surface area contributed by atoms with Crippen molar-refractivity contribution in [1.82, 2.24) is 10.2 Å². The van der Waals surface area contributed by atoms with E-state index >= 15 is 0 Å². The highest BCUT2D eigenvalue weighted by Crippen LogP contribution is 2.10. The highest BCUT2D eigenvalue weighted by molar-refractivity contribution is 7.09. The number of ether oxygens (including phenoxy) is 1. The molecule has 5 nitrogen and oxygen atoms in total. The summed E-state index contributed by atoms with van der Waals surface area (Å²) in [6, 6.07) is 4.22. The molecule has 2 heterocycles. The fourth-order valence-electron chi connectivity index (χ4n) is 2.79. The molecule has 3 N–H and O–H groups in total. The van der Waals surface area contributed by atoms with Crippen molar-refractivity contribution < 1.29 is 4.74 Å². The zero-order valence-corrected chi connectivity index (χ0v) is 14.4. The fourth-order valence-corrected chi connectivity index (χ4v) is 3.49. The van der Waals surface area contributed by atoms with E-state index in [1.807, 2.05) is 0 Å². The third kappa shape index (κ3) is 6.34. The molecule has 1 aliphatic rings. The van der Waals surface area contributed by atoms with E-state index < -0.39 is 0 Å². The smallest absolute Gasteiger partial charge is 0.188 e. The third-order valence-electron chi connectivity index (χ3n) is 3.67. The van der Waals surface area contributed by atoms with Gasteiger partial charge in [0.15, 0.2) is 5.96 Å². The molecule has 2 rings (SSSR count). The van der Waals surface area contributed by atoms with Crippen LogP contribution in [0.4, 0.5) is 0 Å². The highest BCUT2D eigenvalue weighted by atomic mass is 32.1. The van der Waals surface area contributed by atoms with E-state index in [4.69, 9.17) is 10.5 Å². The number of morpholine rings is 1. The van der Waals surface area contributed by atoms with Gasteiger partial charge in [-0.15, -0.1) is 11.3 Å². The molecule has 0 bridgehead atoms. The zero-order chi connectivity index (χ0) is 15.8. The number of rotatable bonds is 7. The molecule has 2 unspecified atom stereocenters. The van der Waals surface area contributed by atoms with Crippen molar-refractivity contribution in [2.45, 2.75) is 38.9 Å². The topological polar surface area (TPSA) is 62.9 Å². The second-order valence-corrected chi connectivity index (χ2v) is 6.93. The van der Waals surface area contributed by atoms with Gasteiger partial charge in [0.2, 0.25) is 0 Å².